The van der Waals surface area contributed by atoms with Crippen LogP contribution in [-0.4, -0.2) is 28.6 Å². The van der Waals surface area contributed by atoms with Gasteiger partial charge in [0.1, 0.15) is 5.69 Å². The van der Waals surface area contributed by atoms with Crippen LogP contribution in [0.15, 0.2) is 40.0 Å². The average molecular weight is 309 g/mol. The van der Waals surface area contributed by atoms with E-state index in [2.05, 4.69) is 4.98 Å². The molecule has 1 aliphatic heterocycles. The number of anilines is 1. The van der Waals surface area contributed by atoms with Crippen LogP contribution >= 0.6 is 0 Å². The number of carbonyl (C=O) groups is 2. The lowest BCUT2D eigenvalue weighted by Gasteiger charge is -2.25. The summed E-state index contributed by atoms with van der Waals surface area (Å²) in [5.74, 6) is 0.0948. The van der Waals surface area contributed by atoms with Crippen molar-refractivity contribution in [2.75, 3.05) is 12.8 Å². The molecule has 0 unspecified atom stereocenters. The Hall–Kier alpha value is -2.89. The van der Waals surface area contributed by atoms with Gasteiger partial charge in [-0.1, -0.05) is 24.3 Å². The number of aromatic nitrogens is 1. The molecule has 2 aromatic rings. The minimum Gasteiger partial charge on any atom is -0.423 e. The standard InChI is InChI=1S/C17H15N3O3/c1-8-12(9(2)21)17(15(22)20(8)3)11-7-5-4-6-10(11)13-14(17)19-16(18)23-13/h4-7H,1-3H3,(H2,18,19)/t17-/m0/s1. The Morgan fingerprint density at radius 1 is 1.35 bits per heavy atom. The zero-order valence-electron chi connectivity index (χ0n) is 13.0. The molecular weight excluding hydrogens is 294 g/mol. The van der Waals surface area contributed by atoms with Gasteiger partial charge in [-0.15, -0.1) is 0 Å². The van der Waals surface area contributed by atoms with E-state index < -0.39 is 5.41 Å². The highest BCUT2D eigenvalue weighted by atomic mass is 16.4. The van der Waals surface area contributed by atoms with Crippen molar-refractivity contribution >= 4 is 17.7 Å². The van der Waals surface area contributed by atoms with E-state index in [1.165, 1.54) is 11.8 Å². The van der Waals surface area contributed by atoms with Gasteiger partial charge in [-0.25, -0.2) is 0 Å². The van der Waals surface area contributed by atoms with Crippen molar-refractivity contribution in [2.45, 2.75) is 19.3 Å². The molecule has 1 aromatic heterocycles. The molecule has 1 spiro atoms. The molecule has 0 radical (unpaired) electrons. The normalized spacial score (nSPS) is 22.0. The highest BCUT2D eigenvalue weighted by molar-refractivity contribution is 6.15. The van der Waals surface area contributed by atoms with E-state index in [1.54, 1.807) is 14.0 Å². The van der Waals surface area contributed by atoms with Crippen LogP contribution in [0.3, 0.4) is 0 Å². The predicted octanol–water partition coefficient (Wildman–Crippen LogP) is 1.86. The number of oxazole rings is 1. The highest BCUT2D eigenvalue weighted by Crippen LogP contribution is 2.57. The number of nitrogens with two attached hydrogens (primary N) is 1. The number of hydrogen-bond acceptors (Lipinski definition) is 5. The number of hydrogen-bond donors (Lipinski definition) is 1. The fourth-order valence-corrected chi connectivity index (χ4v) is 3.85. The number of carbonyl (C=O) groups excluding carboxylic acids is 2. The Balaban J connectivity index is 2.19. The van der Waals surface area contributed by atoms with Crippen molar-refractivity contribution in [2.24, 2.45) is 0 Å². The van der Waals surface area contributed by atoms with Crippen LogP contribution in [0.4, 0.5) is 6.01 Å². The molecule has 1 amide bonds. The van der Waals surface area contributed by atoms with Crippen molar-refractivity contribution in [1.82, 2.24) is 9.88 Å². The van der Waals surface area contributed by atoms with Gasteiger partial charge in [-0.05, 0) is 19.4 Å². The predicted molar refractivity (Wildman–Crippen MR) is 83.3 cm³/mol. The van der Waals surface area contributed by atoms with E-state index >= 15 is 0 Å². The van der Waals surface area contributed by atoms with Crippen LogP contribution in [-0.2, 0) is 15.0 Å². The third kappa shape index (κ3) is 1.36. The molecule has 1 atom stereocenters. The number of Topliss-reactive ketones (excluding diaryl/α,β-unsaturated/α-hetero) is 1. The third-order valence-corrected chi connectivity index (χ3v) is 4.79. The molecule has 6 nitrogen and oxygen atoms in total. The Labute approximate surface area is 132 Å². The number of ketones is 1. The zero-order chi connectivity index (χ0) is 16.5. The topological polar surface area (TPSA) is 89.4 Å². The van der Waals surface area contributed by atoms with Crippen molar-refractivity contribution in [3.8, 4) is 11.3 Å². The minimum absolute atomic E-state index is 0.00761. The van der Waals surface area contributed by atoms with Gasteiger partial charge >= 0.3 is 0 Å². The molecule has 0 fully saturated rings. The number of amides is 1. The SMILES string of the molecule is CC(=O)C1=C(C)N(C)C(=O)[C@@]12c1ccccc1-c1oc(N)nc12. The molecule has 2 N–H and O–H groups in total. The van der Waals surface area contributed by atoms with E-state index in [9.17, 15) is 9.59 Å². The van der Waals surface area contributed by atoms with Gasteiger partial charge in [-0.2, -0.15) is 4.98 Å². The molecule has 6 heteroatoms. The number of benzene rings is 1. The number of nitrogen functional groups attached to an aromatic ring is 1. The van der Waals surface area contributed by atoms with Crippen LogP contribution in [0.1, 0.15) is 25.1 Å². The maximum Gasteiger partial charge on any atom is 0.292 e. The first-order valence-electron chi connectivity index (χ1n) is 7.27. The second-order valence-electron chi connectivity index (χ2n) is 5.91. The first-order valence-corrected chi connectivity index (χ1v) is 7.27. The molecule has 0 saturated carbocycles. The number of rotatable bonds is 1. The Kier molecular flexibility index (Phi) is 2.45. The second kappa shape index (κ2) is 4.10. The molecular formula is C17H15N3O3. The highest BCUT2D eigenvalue weighted by Gasteiger charge is 2.61. The number of allylic oxidation sites excluding steroid dienone is 1. The first kappa shape index (κ1) is 13.8. The van der Waals surface area contributed by atoms with Gasteiger partial charge in [0.25, 0.3) is 6.01 Å². The average Bonchev–Trinajstić information content (AvgIpc) is 3.07. The van der Waals surface area contributed by atoms with E-state index in [4.69, 9.17) is 10.2 Å². The monoisotopic (exact) mass is 309 g/mol. The van der Waals surface area contributed by atoms with Crippen LogP contribution in [0.2, 0.25) is 0 Å². The molecule has 4 rings (SSSR count). The molecule has 2 heterocycles. The summed E-state index contributed by atoms with van der Waals surface area (Å²) in [5.41, 5.74) is 7.43. The van der Waals surface area contributed by atoms with E-state index in [-0.39, 0.29) is 17.7 Å². The number of likely N-dealkylation sites (N-methyl/N-ethyl adjacent to an activating group) is 1. The van der Waals surface area contributed by atoms with Gasteiger partial charge in [-0.3, -0.25) is 9.59 Å². The third-order valence-electron chi connectivity index (χ3n) is 4.79. The van der Waals surface area contributed by atoms with Crippen molar-refractivity contribution in [3.63, 3.8) is 0 Å². The second-order valence-corrected chi connectivity index (χ2v) is 5.91. The summed E-state index contributed by atoms with van der Waals surface area (Å²) in [6.07, 6.45) is 0. The summed E-state index contributed by atoms with van der Waals surface area (Å²) in [6, 6.07) is 7.39. The van der Waals surface area contributed by atoms with E-state index in [1.807, 2.05) is 24.3 Å². The summed E-state index contributed by atoms with van der Waals surface area (Å²) in [6.45, 7) is 3.24. The lowest BCUT2D eigenvalue weighted by molar-refractivity contribution is -0.130. The molecule has 1 aromatic carbocycles. The molecule has 116 valence electrons. The largest absolute Gasteiger partial charge is 0.423 e. The Morgan fingerprint density at radius 2 is 2.04 bits per heavy atom. The molecule has 0 bridgehead atoms. The maximum atomic E-state index is 13.2. The minimum atomic E-state index is -1.25. The van der Waals surface area contributed by atoms with Gasteiger partial charge in [0.2, 0.25) is 5.91 Å². The fraction of sp³-hybridized carbons (Fsp3) is 0.235. The lowest BCUT2D eigenvalue weighted by Crippen LogP contribution is -2.40. The van der Waals surface area contributed by atoms with Crippen molar-refractivity contribution in [3.05, 3.63) is 46.8 Å². The smallest absolute Gasteiger partial charge is 0.292 e. The summed E-state index contributed by atoms with van der Waals surface area (Å²) in [4.78, 5) is 31.4. The van der Waals surface area contributed by atoms with E-state index in [0.29, 0.717) is 22.7 Å². The Morgan fingerprint density at radius 3 is 2.74 bits per heavy atom. The van der Waals surface area contributed by atoms with Gasteiger partial charge in [0, 0.05) is 23.9 Å². The van der Waals surface area contributed by atoms with Crippen molar-refractivity contribution < 1.29 is 14.0 Å². The fourth-order valence-electron chi connectivity index (χ4n) is 3.85. The maximum absolute atomic E-state index is 13.2. The molecule has 2 aliphatic rings. The van der Waals surface area contributed by atoms with Gasteiger partial charge in [0.15, 0.2) is 17.0 Å². The quantitative estimate of drug-likeness (QED) is 0.868. The number of fused-ring (bicyclic) bond motifs is 5. The summed E-state index contributed by atoms with van der Waals surface area (Å²) >= 11 is 0. The molecule has 23 heavy (non-hydrogen) atoms. The van der Waals surface area contributed by atoms with Crippen LogP contribution in [0, 0.1) is 0 Å². The van der Waals surface area contributed by atoms with Gasteiger partial charge < -0.3 is 15.1 Å². The van der Waals surface area contributed by atoms with Crippen molar-refractivity contribution in [1.29, 1.82) is 0 Å². The van der Waals surface area contributed by atoms with Crippen LogP contribution < -0.4 is 5.73 Å². The summed E-state index contributed by atoms with van der Waals surface area (Å²) in [7, 11) is 1.67. The first-order chi connectivity index (χ1) is 10.9. The van der Waals surface area contributed by atoms with Crippen LogP contribution in [0.25, 0.3) is 11.3 Å². The summed E-state index contributed by atoms with van der Waals surface area (Å²) < 4.78 is 5.55. The number of nitrogens with zero attached hydrogens (tertiary/aromatic N) is 2. The lowest BCUT2D eigenvalue weighted by atomic mass is 9.73. The summed E-state index contributed by atoms with van der Waals surface area (Å²) in [5, 5.41) is 0. The Bertz CT molecular complexity index is 925. The van der Waals surface area contributed by atoms with E-state index in [0.717, 1.165) is 11.1 Å². The zero-order valence-corrected chi connectivity index (χ0v) is 13.0. The molecule has 1 aliphatic carbocycles. The van der Waals surface area contributed by atoms with Gasteiger partial charge in [0.05, 0.1) is 0 Å². The molecule has 0 saturated heterocycles. The van der Waals surface area contributed by atoms with Crippen LogP contribution in [0.5, 0.6) is 0 Å².